The first-order valence-corrected chi connectivity index (χ1v) is 5.67. The number of carboxylic acid groups (broad SMARTS) is 2. The predicted octanol–water partition coefficient (Wildman–Crippen LogP) is 0.688. The van der Waals surface area contributed by atoms with Gasteiger partial charge in [-0.05, 0) is 18.2 Å². The first kappa shape index (κ1) is 13.5. The average molecular weight is 277 g/mol. The SMILES string of the molecule is O=C(O)CCc1cn(-c2ccc(O)c(C(=O)O)c2)nn1. The second kappa shape index (κ2) is 5.39. The number of aromatic hydroxyl groups is 1. The third-order valence-corrected chi connectivity index (χ3v) is 2.61. The second-order valence-electron chi connectivity index (χ2n) is 4.05. The van der Waals surface area contributed by atoms with E-state index in [0.29, 0.717) is 11.4 Å². The molecule has 1 aromatic carbocycles. The molecular formula is C12H11N3O5. The first-order valence-electron chi connectivity index (χ1n) is 5.67. The topological polar surface area (TPSA) is 126 Å². The maximum Gasteiger partial charge on any atom is 0.339 e. The zero-order chi connectivity index (χ0) is 14.7. The summed E-state index contributed by atoms with van der Waals surface area (Å²) in [4.78, 5) is 21.4. The van der Waals surface area contributed by atoms with Gasteiger partial charge in [-0.2, -0.15) is 0 Å². The van der Waals surface area contributed by atoms with Crippen LogP contribution in [0, 0.1) is 0 Å². The van der Waals surface area contributed by atoms with Gasteiger partial charge in [0.15, 0.2) is 0 Å². The van der Waals surface area contributed by atoms with E-state index in [1.807, 2.05) is 0 Å². The average Bonchev–Trinajstić information content (AvgIpc) is 2.85. The van der Waals surface area contributed by atoms with Gasteiger partial charge in [0.2, 0.25) is 0 Å². The molecule has 0 fully saturated rings. The van der Waals surface area contributed by atoms with Gasteiger partial charge in [0.1, 0.15) is 11.3 Å². The van der Waals surface area contributed by atoms with Crippen LogP contribution >= 0.6 is 0 Å². The maximum atomic E-state index is 10.9. The molecule has 1 aromatic heterocycles. The molecule has 0 amide bonds. The molecule has 0 aliphatic rings. The Labute approximate surface area is 112 Å². The Kier molecular flexibility index (Phi) is 3.65. The van der Waals surface area contributed by atoms with E-state index in [1.54, 1.807) is 0 Å². The van der Waals surface area contributed by atoms with Gasteiger partial charge in [0, 0.05) is 6.42 Å². The van der Waals surface area contributed by atoms with Gasteiger partial charge in [-0.1, -0.05) is 5.21 Å². The molecule has 0 aliphatic carbocycles. The molecular weight excluding hydrogens is 266 g/mol. The van der Waals surface area contributed by atoms with Gasteiger partial charge in [-0.25, -0.2) is 9.48 Å². The van der Waals surface area contributed by atoms with E-state index in [9.17, 15) is 14.7 Å². The Morgan fingerprint density at radius 1 is 1.25 bits per heavy atom. The first-order chi connectivity index (χ1) is 9.47. The monoisotopic (exact) mass is 277 g/mol. The molecule has 104 valence electrons. The number of benzene rings is 1. The molecule has 0 spiro atoms. The molecule has 0 aliphatic heterocycles. The molecule has 1 heterocycles. The Balaban J connectivity index is 2.26. The van der Waals surface area contributed by atoms with Crippen LogP contribution < -0.4 is 0 Å². The highest BCUT2D eigenvalue weighted by Crippen LogP contribution is 2.20. The predicted molar refractivity (Wildman–Crippen MR) is 65.9 cm³/mol. The lowest BCUT2D eigenvalue weighted by atomic mass is 10.2. The van der Waals surface area contributed by atoms with E-state index in [2.05, 4.69) is 10.3 Å². The number of aromatic nitrogens is 3. The fraction of sp³-hybridized carbons (Fsp3) is 0.167. The zero-order valence-corrected chi connectivity index (χ0v) is 10.2. The number of rotatable bonds is 5. The summed E-state index contributed by atoms with van der Waals surface area (Å²) < 4.78 is 1.32. The Morgan fingerprint density at radius 2 is 2.00 bits per heavy atom. The van der Waals surface area contributed by atoms with Crippen LogP contribution in [0.1, 0.15) is 22.5 Å². The molecule has 20 heavy (non-hydrogen) atoms. The van der Waals surface area contributed by atoms with Crippen LogP contribution in [0.25, 0.3) is 5.69 Å². The molecule has 0 radical (unpaired) electrons. The third-order valence-electron chi connectivity index (χ3n) is 2.61. The summed E-state index contributed by atoms with van der Waals surface area (Å²) in [5.74, 6) is -2.53. The van der Waals surface area contributed by atoms with Crippen LogP contribution in [0.2, 0.25) is 0 Å². The summed E-state index contributed by atoms with van der Waals surface area (Å²) in [5.41, 5.74) is 0.650. The number of carbonyl (C=O) groups is 2. The molecule has 0 saturated carbocycles. The van der Waals surface area contributed by atoms with Gasteiger partial charge in [-0.15, -0.1) is 5.10 Å². The Bertz CT molecular complexity index is 665. The lowest BCUT2D eigenvalue weighted by Crippen LogP contribution is -2.01. The van der Waals surface area contributed by atoms with Gasteiger partial charge < -0.3 is 15.3 Å². The zero-order valence-electron chi connectivity index (χ0n) is 10.2. The molecule has 0 bridgehead atoms. The second-order valence-corrected chi connectivity index (χ2v) is 4.05. The van der Waals surface area contributed by atoms with E-state index in [-0.39, 0.29) is 24.2 Å². The van der Waals surface area contributed by atoms with Crippen LogP contribution in [-0.4, -0.2) is 42.3 Å². The van der Waals surface area contributed by atoms with Crippen molar-refractivity contribution in [3.8, 4) is 11.4 Å². The number of hydrogen-bond donors (Lipinski definition) is 3. The normalized spacial score (nSPS) is 10.4. The van der Waals surface area contributed by atoms with Crippen molar-refractivity contribution in [1.82, 2.24) is 15.0 Å². The number of carboxylic acids is 2. The quantitative estimate of drug-likeness (QED) is 0.733. The minimum atomic E-state index is -1.25. The van der Waals surface area contributed by atoms with Gasteiger partial charge in [0.25, 0.3) is 0 Å². The van der Waals surface area contributed by atoms with Crippen LogP contribution in [0.3, 0.4) is 0 Å². The van der Waals surface area contributed by atoms with Crippen molar-refractivity contribution in [3.63, 3.8) is 0 Å². The standard InChI is InChI=1S/C12H11N3O5/c16-10-3-2-8(5-9(10)12(19)20)15-6-7(13-14-15)1-4-11(17)18/h2-3,5-6,16H,1,4H2,(H,17,18)(H,19,20). The molecule has 3 N–H and O–H groups in total. The van der Waals surface area contributed by atoms with Crippen LogP contribution in [-0.2, 0) is 11.2 Å². The fourth-order valence-electron chi connectivity index (χ4n) is 1.61. The molecule has 0 atom stereocenters. The van der Waals surface area contributed by atoms with Crippen molar-refractivity contribution in [1.29, 1.82) is 0 Å². The van der Waals surface area contributed by atoms with Crippen molar-refractivity contribution in [2.24, 2.45) is 0 Å². The van der Waals surface area contributed by atoms with Crippen molar-refractivity contribution >= 4 is 11.9 Å². The lowest BCUT2D eigenvalue weighted by Gasteiger charge is -2.03. The van der Waals surface area contributed by atoms with Gasteiger partial charge >= 0.3 is 11.9 Å². The van der Waals surface area contributed by atoms with Gasteiger partial charge in [-0.3, -0.25) is 4.79 Å². The lowest BCUT2D eigenvalue weighted by molar-refractivity contribution is -0.136. The number of hydrogen-bond acceptors (Lipinski definition) is 5. The summed E-state index contributed by atoms with van der Waals surface area (Å²) in [5, 5.41) is 34.5. The molecule has 8 nitrogen and oxygen atoms in total. The van der Waals surface area contributed by atoms with Crippen LogP contribution in [0.4, 0.5) is 0 Å². The number of aliphatic carboxylic acids is 1. The smallest absolute Gasteiger partial charge is 0.339 e. The van der Waals surface area contributed by atoms with Crippen molar-refractivity contribution < 1.29 is 24.9 Å². The summed E-state index contributed by atoms with van der Waals surface area (Å²) in [6.07, 6.45) is 1.69. The van der Waals surface area contributed by atoms with Crippen LogP contribution in [0.15, 0.2) is 24.4 Å². The van der Waals surface area contributed by atoms with Crippen molar-refractivity contribution in [3.05, 3.63) is 35.7 Å². The Hall–Kier alpha value is -2.90. The maximum absolute atomic E-state index is 10.9. The molecule has 0 unspecified atom stereocenters. The van der Waals surface area contributed by atoms with Gasteiger partial charge in [0.05, 0.1) is 24.0 Å². The summed E-state index contributed by atoms with van der Waals surface area (Å²) >= 11 is 0. The largest absolute Gasteiger partial charge is 0.507 e. The number of phenols is 1. The van der Waals surface area contributed by atoms with Crippen LogP contribution in [0.5, 0.6) is 5.75 Å². The number of nitrogens with zero attached hydrogens (tertiary/aromatic N) is 3. The van der Waals surface area contributed by atoms with E-state index in [1.165, 1.54) is 29.1 Å². The molecule has 2 rings (SSSR count). The summed E-state index contributed by atoms with van der Waals surface area (Å²) in [6, 6.07) is 3.99. The van der Waals surface area contributed by atoms with E-state index in [4.69, 9.17) is 10.2 Å². The van der Waals surface area contributed by atoms with Crippen molar-refractivity contribution in [2.75, 3.05) is 0 Å². The van der Waals surface area contributed by atoms with E-state index < -0.39 is 11.9 Å². The highest BCUT2D eigenvalue weighted by molar-refractivity contribution is 5.91. The molecule has 2 aromatic rings. The molecule has 0 saturated heterocycles. The minimum absolute atomic E-state index is 0.0609. The van der Waals surface area contributed by atoms with E-state index >= 15 is 0 Å². The van der Waals surface area contributed by atoms with Crippen molar-refractivity contribution in [2.45, 2.75) is 12.8 Å². The Morgan fingerprint density at radius 3 is 2.65 bits per heavy atom. The third kappa shape index (κ3) is 2.91. The highest BCUT2D eigenvalue weighted by atomic mass is 16.4. The fourth-order valence-corrected chi connectivity index (χ4v) is 1.61. The summed E-state index contributed by atoms with van der Waals surface area (Å²) in [6.45, 7) is 0. The number of aromatic carboxylic acids is 1. The molecule has 8 heteroatoms. The van der Waals surface area contributed by atoms with E-state index in [0.717, 1.165) is 0 Å². The summed E-state index contributed by atoms with van der Waals surface area (Å²) in [7, 11) is 0. The minimum Gasteiger partial charge on any atom is -0.507 e. The highest BCUT2D eigenvalue weighted by Gasteiger charge is 2.12. The number of aryl methyl sites for hydroxylation is 1.